The van der Waals surface area contributed by atoms with Gasteiger partial charge in [0.15, 0.2) is 0 Å². The van der Waals surface area contributed by atoms with Crippen LogP contribution in [0.3, 0.4) is 0 Å². The molecule has 90 valence electrons. The summed E-state index contributed by atoms with van der Waals surface area (Å²) in [6.45, 7) is 1.89. The molecule has 0 aromatic heterocycles. The van der Waals surface area contributed by atoms with Crippen molar-refractivity contribution in [2.24, 2.45) is 0 Å². The number of hydroxylamine groups is 1. The first-order chi connectivity index (χ1) is 8.22. The van der Waals surface area contributed by atoms with E-state index in [4.69, 9.17) is 5.21 Å². The van der Waals surface area contributed by atoms with Crippen LogP contribution in [-0.2, 0) is 4.74 Å². The van der Waals surface area contributed by atoms with Crippen molar-refractivity contribution in [3.63, 3.8) is 0 Å². The Hall–Kier alpha value is -2.07. The first-order valence-corrected chi connectivity index (χ1v) is 5.14. The molecule has 0 amide bonds. The third-order valence-corrected chi connectivity index (χ3v) is 2.29. The van der Waals surface area contributed by atoms with E-state index in [1.54, 1.807) is 18.2 Å². The number of esters is 1. The number of hydrogen-bond acceptors (Lipinski definition) is 4. The molecule has 0 saturated carbocycles. The van der Waals surface area contributed by atoms with E-state index in [2.05, 4.69) is 4.74 Å². The van der Waals surface area contributed by atoms with Gasteiger partial charge < -0.3 is 4.74 Å². The van der Waals surface area contributed by atoms with Gasteiger partial charge in [-0.15, -0.1) is 0 Å². The predicted octanol–water partition coefficient (Wildman–Crippen LogP) is 2.37. The molecule has 17 heavy (non-hydrogen) atoms. The Morgan fingerprint density at radius 2 is 1.88 bits per heavy atom. The number of hydrogen-bond donors (Lipinski definition) is 2. The normalized spacial score (nSPS) is 11.6. The highest BCUT2D eigenvalue weighted by Crippen LogP contribution is 2.16. The maximum Gasteiger partial charge on any atom is 0.337 e. The van der Waals surface area contributed by atoms with Crippen LogP contribution in [0.15, 0.2) is 42.6 Å². The van der Waals surface area contributed by atoms with E-state index in [0.717, 1.165) is 11.1 Å². The van der Waals surface area contributed by atoms with Crippen molar-refractivity contribution in [3.8, 4) is 0 Å². The van der Waals surface area contributed by atoms with Crippen molar-refractivity contribution in [1.29, 1.82) is 0 Å². The summed E-state index contributed by atoms with van der Waals surface area (Å²) in [5, 5.41) is 8.48. The van der Waals surface area contributed by atoms with Gasteiger partial charge in [-0.2, -0.15) is 0 Å². The highest BCUT2D eigenvalue weighted by molar-refractivity contribution is 5.90. The van der Waals surface area contributed by atoms with Gasteiger partial charge in [0.2, 0.25) is 0 Å². The van der Waals surface area contributed by atoms with Gasteiger partial charge in [-0.3, -0.25) is 10.7 Å². The lowest BCUT2D eigenvalue weighted by molar-refractivity contribution is 0.0600. The van der Waals surface area contributed by atoms with E-state index < -0.39 is 0 Å². The molecule has 1 aromatic carbocycles. The van der Waals surface area contributed by atoms with Crippen LogP contribution in [0.4, 0.5) is 0 Å². The van der Waals surface area contributed by atoms with E-state index >= 15 is 0 Å². The van der Waals surface area contributed by atoms with E-state index in [-0.39, 0.29) is 5.97 Å². The van der Waals surface area contributed by atoms with Crippen molar-refractivity contribution in [3.05, 3.63) is 53.7 Å². The van der Waals surface area contributed by atoms with Crippen LogP contribution >= 0.6 is 0 Å². The number of ether oxygens (including phenoxy) is 1. The number of carbonyl (C=O) groups is 1. The van der Waals surface area contributed by atoms with Crippen LogP contribution in [0.25, 0.3) is 5.57 Å². The molecule has 2 N–H and O–H groups in total. The van der Waals surface area contributed by atoms with Gasteiger partial charge in [0.1, 0.15) is 0 Å². The summed E-state index contributed by atoms with van der Waals surface area (Å²) in [6.07, 6.45) is 5.05. The fourth-order valence-corrected chi connectivity index (χ4v) is 1.40. The van der Waals surface area contributed by atoms with E-state index in [9.17, 15) is 4.79 Å². The van der Waals surface area contributed by atoms with Gasteiger partial charge in [0, 0.05) is 6.20 Å². The predicted molar refractivity (Wildman–Crippen MR) is 65.5 cm³/mol. The van der Waals surface area contributed by atoms with Gasteiger partial charge in [0.05, 0.1) is 12.7 Å². The van der Waals surface area contributed by atoms with Gasteiger partial charge >= 0.3 is 5.97 Å². The standard InChI is InChI=1S/C13H15NO3/c1-3-10(8-9-14-16)11-4-6-12(7-5-11)13(15)17-2/h3-9,14,16H,1-2H3/b9-8-,10-3+. The summed E-state index contributed by atoms with van der Waals surface area (Å²) in [6, 6.07) is 7.04. The lowest BCUT2D eigenvalue weighted by Crippen LogP contribution is -2.00. The SMILES string of the molecule is C/C=C(\C=C/NO)c1ccc(C(=O)OC)cc1. The van der Waals surface area contributed by atoms with Crippen molar-refractivity contribution in [1.82, 2.24) is 5.48 Å². The molecule has 1 aromatic rings. The third-order valence-electron chi connectivity index (χ3n) is 2.29. The molecule has 4 nitrogen and oxygen atoms in total. The van der Waals surface area contributed by atoms with Crippen LogP contribution < -0.4 is 5.48 Å². The summed E-state index contributed by atoms with van der Waals surface area (Å²) < 4.78 is 4.62. The molecule has 0 bridgehead atoms. The molecule has 0 aliphatic carbocycles. The number of nitrogens with one attached hydrogen (secondary N) is 1. The molecular weight excluding hydrogens is 218 g/mol. The van der Waals surface area contributed by atoms with Crippen LogP contribution in [0, 0.1) is 0 Å². The lowest BCUT2D eigenvalue weighted by atomic mass is 10.0. The monoisotopic (exact) mass is 233 g/mol. The molecule has 4 heteroatoms. The molecule has 1 rings (SSSR count). The summed E-state index contributed by atoms with van der Waals surface area (Å²) in [5.74, 6) is -0.355. The molecule has 0 heterocycles. The summed E-state index contributed by atoms with van der Waals surface area (Å²) in [7, 11) is 1.35. The first-order valence-electron chi connectivity index (χ1n) is 5.14. The number of rotatable bonds is 4. The first kappa shape index (κ1) is 13.0. The zero-order chi connectivity index (χ0) is 12.7. The Bertz CT molecular complexity index is 432. The maximum absolute atomic E-state index is 11.2. The van der Waals surface area contributed by atoms with Crippen LogP contribution in [0.2, 0.25) is 0 Å². The Balaban J connectivity index is 2.93. The van der Waals surface area contributed by atoms with Gasteiger partial charge in [0.25, 0.3) is 0 Å². The van der Waals surface area contributed by atoms with Crippen LogP contribution in [0.1, 0.15) is 22.8 Å². The van der Waals surface area contributed by atoms with Crippen LogP contribution in [-0.4, -0.2) is 18.3 Å². The molecule has 0 saturated heterocycles. The minimum absolute atomic E-state index is 0.355. The maximum atomic E-state index is 11.2. The van der Waals surface area contributed by atoms with Crippen molar-refractivity contribution in [2.45, 2.75) is 6.92 Å². The second-order valence-electron chi connectivity index (χ2n) is 3.28. The molecule has 0 unspecified atom stereocenters. The van der Waals surface area contributed by atoms with Crippen LogP contribution in [0.5, 0.6) is 0 Å². The highest BCUT2D eigenvalue weighted by Gasteiger charge is 2.04. The van der Waals surface area contributed by atoms with Crippen molar-refractivity contribution >= 4 is 11.5 Å². The van der Waals surface area contributed by atoms with E-state index in [1.807, 2.05) is 30.6 Å². The van der Waals surface area contributed by atoms with Crippen molar-refractivity contribution in [2.75, 3.05) is 7.11 Å². The average molecular weight is 233 g/mol. The highest BCUT2D eigenvalue weighted by atomic mass is 16.5. The zero-order valence-corrected chi connectivity index (χ0v) is 9.81. The minimum Gasteiger partial charge on any atom is -0.465 e. The number of methoxy groups -OCH3 is 1. The molecule has 0 aliphatic heterocycles. The van der Waals surface area contributed by atoms with E-state index in [1.165, 1.54) is 13.3 Å². The Morgan fingerprint density at radius 1 is 1.29 bits per heavy atom. The average Bonchev–Trinajstić information content (AvgIpc) is 2.39. The van der Waals surface area contributed by atoms with Gasteiger partial charge in [-0.1, -0.05) is 18.2 Å². The number of benzene rings is 1. The Kier molecular flexibility index (Phi) is 4.97. The largest absolute Gasteiger partial charge is 0.465 e. The Morgan fingerprint density at radius 3 is 2.35 bits per heavy atom. The third kappa shape index (κ3) is 3.46. The summed E-state index contributed by atoms with van der Waals surface area (Å²) in [4.78, 5) is 11.2. The van der Waals surface area contributed by atoms with Gasteiger partial charge in [-0.25, -0.2) is 4.79 Å². The summed E-state index contributed by atoms with van der Waals surface area (Å²) >= 11 is 0. The molecule has 0 atom stereocenters. The number of allylic oxidation sites excluding steroid dienone is 3. The second kappa shape index (κ2) is 6.50. The molecular formula is C13H15NO3. The topological polar surface area (TPSA) is 58.6 Å². The fourth-order valence-electron chi connectivity index (χ4n) is 1.40. The lowest BCUT2D eigenvalue weighted by Gasteiger charge is -2.03. The molecule has 0 fully saturated rings. The molecule has 0 spiro atoms. The zero-order valence-electron chi connectivity index (χ0n) is 9.81. The molecule has 0 radical (unpaired) electrons. The van der Waals surface area contributed by atoms with Gasteiger partial charge in [-0.05, 0) is 36.3 Å². The molecule has 0 aliphatic rings. The smallest absolute Gasteiger partial charge is 0.337 e. The number of carbonyl (C=O) groups excluding carboxylic acids is 1. The quantitative estimate of drug-likeness (QED) is 0.476. The van der Waals surface area contributed by atoms with E-state index in [0.29, 0.717) is 5.56 Å². The minimum atomic E-state index is -0.355. The summed E-state index contributed by atoms with van der Waals surface area (Å²) in [5.41, 5.74) is 4.34. The Labute approximate surface area is 100 Å². The fraction of sp³-hybridized carbons (Fsp3) is 0.154. The van der Waals surface area contributed by atoms with Crippen molar-refractivity contribution < 1.29 is 14.7 Å². The second-order valence-corrected chi connectivity index (χ2v) is 3.28.